The van der Waals surface area contributed by atoms with Crippen molar-refractivity contribution in [3.63, 3.8) is 0 Å². The normalized spacial score (nSPS) is 19.2. The molecule has 1 atom stereocenters. The average molecular weight is 264 g/mol. The largest absolute Gasteiger partial charge is 0.347 e. The number of nitrogens with one attached hydrogen (secondary N) is 1. The highest BCUT2D eigenvalue weighted by Crippen LogP contribution is 2.05. The van der Waals surface area contributed by atoms with Crippen LogP contribution in [-0.4, -0.2) is 44.8 Å². The topological polar surface area (TPSA) is 101 Å². The summed E-state index contributed by atoms with van der Waals surface area (Å²) in [7, 11) is 0. The third-order valence-electron chi connectivity index (χ3n) is 2.83. The molecule has 1 unspecified atom stereocenters. The fourth-order valence-electron chi connectivity index (χ4n) is 1.76. The van der Waals surface area contributed by atoms with Crippen molar-refractivity contribution in [1.29, 1.82) is 0 Å². The van der Waals surface area contributed by atoms with Crippen molar-refractivity contribution >= 4 is 17.7 Å². The minimum atomic E-state index is -0.738. The SMILES string of the molecule is CC1C(=O)NC(=O)CN1C(=O)Cn1cccnc1=O. The molecular weight excluding hydrogens is 252 g/mol. The second-order valence-electron chi connectivity index (χ2n) is 4.14. The lowest BCUT2D eigenvalue weighted by Crippen LogP contribution is -2.59. The molecule has 8 nitrogen and oxygen atoms in total. The number of carbonyl (C=O) groups is 3. The molecule has 1 aromatic rings. The minimum absolute atomic E-state index is 0.194. The molecule has 3 amide bonds. The van der Waals surface area contributed by atoms with Crippen molar-refractivity contribution < 1.29 is 14.4 Å². The van der Waals surface area contributed by atoms with E-state index in [-0.39, 0.29) is 13.1 Å². The molecule has 0 aromatic carbocycles. The van der Waals surface area contributed by atoms with Gasteiger partial charge in [-0.1, -0.05) is 0 Å². The molecule has 0 saturated carbocycles. The van der Waals surface area contributed by atoms with Gasteiger partial charge in [0.25, 0.3) is 0 Å². The second-order valence-corrected chi connectivity index (χ2v) is 4.14. The maximum Gasteiger partial charge on any atom is 0.347 e. The number of imide groups is 1. The summed E-state index contributed by atoms with van der Waals surface area (Å²) in [5.41, 5.74) is -0.559. The van der Waals surface area contributed by atoms with E-state index in [4.69, 9.17) is 0 Å². The third kappa shape index (κ3) is 2.67. The molecule has 8 heteroatoms. The van der Waals surface area contributed by atoms with Crippen LogP contribution in [0.15, 0.2) is 23.3 Å². The number of hydrogen-bond acceptors (Lipinski definition) is 5. The summed E-state index contributed by atoms with van der Waals surface area (Å²) in [5, 5.41) is 2.14. The van der Waals surface area contributed by atoms with E-state index < -0.39 is 29.5 Å². The Labute approximate surface area is 108 Å². The lowest BCUT2D eigenvalue weighted by molar-refractivity contribution is -0.149. The van der Waals surface area contributed by atoms with Crippen LogP contribution in [0.5, 0.6) is 0 Å². The van der Waals surface area contributed by atoms with Crippen LogP contribution in [0.2, 0.25) is 0 Å². The van der Waals surface area contributed by atoms with Crippen molar-refractivity contribution in [2.45, 2.75) is 19.5 Å². The summed E-state index contributed by atoms with van der Waals surface area (Å²) in [4.78, 5) is 50.7. The van der Waals surface area contributed by atoms with E-state index in [0.717, 1.165) is 9.47 Å². The first-order valence-electron chi connectivity index (χ1n) is 5.63. The van der Waals surface area contributed by atoms with Crippen molar-refractivity contribution in [1.82, 2.24) is 19.8 Å². The second kappa shape index (κ2) is 5.01. The first-order chi connectivity index (χ1) is 8.99. The zero-order valence-electron chi connectivity index (χ0n) is 10.2. The van der Waals surface area contributed by atoms with Crippen LogP contribution in [0.3, 0.4) is 0 Å². The van der Waals surface area contributed by atoms with Crippen molar-refractivity contribution in [3.8, 4) is 0 Å². The summed E-state index contributed by atoms with van der Waals surface area (Å²) in [6.45, 7) is 1.07. The molecule has 2 rings (SSSR count). The number of rotatable bonds is 2. The molecule has 2 heterocycles. The quantitative estimate of drug-likeness (QED) is 0.630. The average Bonchev–Trinajstić information content (AvgIpc) is 2.36. The Morgan fingerprint density at radius 2 is 2.21 bits per heavy atom. The lowest BCUT2D eigenvalue weighted by atomic mass is 10.2. The monoisotopic (exact) mass is 264 g/mol. The summed E-state index contributed by atoms with van der Waals surface area (Å²) in [5.74, 6) is -1.54. The van der Waals surface area contributed by atoms with Crippen LogP contribution in [0.1, 0.15) is 6.92 Å². The molecule has 1 aliphatic rings. The predicted molar refractivity (Wildman–Crippen MR) is 62.8 cm³/mol. The van der Waals surface area contributed by atoms with Gasteiger partial charge in [0, 0.05) is 12.4 Å². The first kappa shape index (κ1) is 12.9. The maximum absolute atomic E-state index is 12.0. The first-order valence-corrected chi connectivity index (χ1v) is 5.63. The van der Waals surface area contributed by atoms with Gasteiger partial charge in [-0.2, -0.15) is 0 Å². The van der Waals surface area contributed by atoms with Gasteiger partial charge < -0.3 is 4.90 Å². The van der Waals surface area contributed by atoms with E-state index in [1.54, 1.807) is 0 Å². The van der Waals surface area contributed by atoms with Crippen LogP contribution in [0, 0.1) is 0 Å². The number of amides is 3. The number of carbonyl (C=O) groups excluding carboxylic acids is 3. The number of piperazine rings is 1. The molecule has 1 fully saturated rings. The van der Waals surface area contributed by atoms with Gasteiger partial charge in [-0.05, 0) is 13.0 Å². The van der Waals surface area contributed by atoms with E-state index in [2.05, 4.69) is 10.3 Å². The highest BCUT2D eigenvalue weighted by atomic mass is 16.2. The summed E-state index contributed by atoms with van der Waals surface area (Å²) >= 11 is 0. The molecule has 1 aliphatic heterocycles. The predicted octanol–water partition coefficient (Wildman–Crippen LogP) is -1.88. The Kier molecular flexibility index (Phi) is 3.41. The van der Waals surface area contributed by atoms with Crippen LogP contribution >= 0.6 is 0 Å². The Bertz CT molecular complexity index is 594. The summed E-state index contributed by atoms with van der Waals surface area (Å²) in [6, 6.07) is 0.782. The third-order valence-corrected chi connectivity index (χ3v) is 2.83. The van der Waals surface area contributed by atoms with E-state index in [1.807, 2.05) is 0 Å². The molecule has 0 bridgehead atoms. The molecule has 100 valence electrons. The van der Waals surface area contributed by atoms with Crippen LogP contribution in [0.25, 0.3) is 0 Å². The van der Waals surface area contributed by atoms with E-state index in [9.17, 15) is 19.2 Å². The number of nitrogens with zero attached hydrogens (tertiary/aromatic N) is 3. The fourth-order valence-corrected chi connectivity index (χ4v) is 1.76. The van der Waals surface area contributed by atoms with E-state index in [1.165, 1.54) is 25.4 Å². The van der Waals surface area contributed by atoms with Gasteiger partial charge in [-0.15, -0.1) is 0 Å². The van der Waals surface area contributed by atoms with Crippen molar-refractivity contribution in [2.24, 2.45) is 0 Å². The Balaban J connectivity index is 2.16. The number of hydrogen-bond donors (Lipinski definition) is 1. The van der Waals surface area contributed by atoms with Crippen LogP contribution < -0.4 is 11.0 Å². The van der Waals surface area contributed by atoms with Gasteiger partial charge >= 0.3 is 5.69 Å². The Morgan fingerprint density at radius 3 is 2.89 bits per heavy atom. The summed E-state index contributed by atoms with van der Waals surface area (Å²) in [6.07, 6.45) is 2.74. The Morgan fingerprint density at radius 1 is 1.47 bits per heavy atom. The van der Waals surface area contributed by atoms with Gasteiger partial charge in [0.15, 0.2) is 0 Å². The smallest absolute Gasteiger partial charge is 0.320 e. The molecule has 1 N–H and O–H groups in total. The van der Waals surface area contributed by atoms with Gasteiger partial charge in [0.05, 0.1) is 0 Å². The van der Waals surface area contributed by atoms with Crippen LogP contribution in [0.4, 0.5) is 0 Å². The standard InChI is InChI=1S/C11H12N4O4/c1-7-10(18)13-8(16)5-15(7)9(17)6-14-4-2-3-12-11(14)19/h2-4,7H,5-6H2,1H3,(H,13,16,18). The molecule has 19 heavy (non-hydrogen) atoms. The van der Waals surface area contributed by atoms with Gasteiger partial charge in [-0.25, -0.2) is 9.78 Å². The molecule has 0 spiro atoms. The van der Waals surface area contributed by atoms with E-state index >= 15 is 0 Å². The van der Waals surface area contributed by atoms with Gasteiger partial charge in [0.2, 0.25) is 17.7 Å². The molecule has 0 aliphatic carbocycles. The van der Waals surface area contributed by atoms with Crippen molar-refractivity contribution in [2.75, 3.05) is 6.54 Å². The molecule has 1 aromatic heterocycles. The van der Waals surface area contributed by atoms with Crippen molar-refractivity contribution in [3.05, 3.63) is 28.9 Å². The number of aromatic nitrogens is 2. The lowest BCUT2D eigenvalue weighted by Gasteiger charge is -2.31. The Hall–Kier alpha value is -2.51. The van der Waals surface area contributed by atoms with Gasteiger partial charge in [0.1, 0.15) is 19.1 Å². The van der Waals surface area contributed by atoms with E-state index in [0.29, 0.717) is 0 Å². The highest BCUT2D eigenvalue weighted by molar-refractivity contribution is 6.04. The maximum atomic E-state index is 12.0. The minimum Gasteiger partial charge on any atom is -0.320 e. The molecule has 0 radical (unpaired) electrons. The van der Waals surface area contributed by atoms with Crippen LogP contribution in [-0.2, 0) is 20.9 Å². The summed E-state index contributed by atoms with van der Waals surface area (Å²) < 4.78 is 1.12. The zero-order chi connectivity index (χ0) is 14.0. The molecule has 1 saturated heterocycles. The fraction of sp³-hybridized carbons (Fsp3) is 0.364. The highest BCUT2D eigenvalue weighted by Gasteiger charge is 2.33. The zero-order valence-corrected chi connectivity index (χ0v) is 10.2. The van der Waals surface area contributed by atoms with Gasteiger partial charge in [-0.3, -0.25) is 24.3 Å². The molecular formula is C11H12N4O4.